The van der Waals surface area contributed by atoms with Crippen LogP contribution in [0.4, 0.5) is 5.69 Å². The van der Waals surface area contributed by atoms with Crippen LogP contribution in [-0.4, -0.2) is 13.0 Å². The zero-order valence-corrected chi connectivity index (χ0v) is 11.7. The highest BCUT2D eigenvalue weighted by Crippen LogP contribution is 2.24. The average molecular weight is 304 g/mol. The third-order valence-electron chi connectivity index (χ3n) is 2.53. The molecule has 2 aromatic carbocycles. The van der Waals surface area contributed by atoms with Crippen molar-refractivity contribution in [3.63, 3.8) is 0 Å². The van der Waals surface area contributed by atoms with E-state index in [1.54, 1.807) is 7.11 Å². The highest BCUT2D eigenvalue weighted by Gasteiger charge is 2.03. The third kappa shape index (κ3) is 3.44. The summed E-state index contributed by atoms with van der Waals surface area (Å²) < 4.78 is 6.31. The second-order valence-corrected chi connectivity index (χ2v) is 4.68. The van der Waals surface area contributed by atoms with Crippen LogP contribution in [0.5, 0.6) is 0 Å². The quantitative estimate of drug-likeness (QED) is 0.609. The zero-order chi connectivity index (χ0) is 12.8. The SMILES string of the molecule is COC(Cc1ccccc1)=Nc1ccccc1Br. The Balaban J connectivity index is 2.21. The van der Waals surface area contributed by atoms with Gasteiger partial charge in [0.15, 0.2) is 5.90 Å². The molecule has 0 aromatic heterocycles. The molecule has 0 heterocycles. The van der Waals surface area contributed by atoms with Gasteiger partial charge in [0.2, 0.25) is 0 Å². The maximum atomic E-state index is 5.34. The fourth-order valence-electron chi connectivity index (χ4n) is 1.60. The van der Waals surface area contributed by atoms with Crippen LogP contribution in [-0.2, 0) is 11.2 Å². The Hall–Kier alpha value is -1.61. The van der Waals surface area contributed by atoms with Gasteiger partial charge in [0.1, 0.15) is 0 Å². The molecule has 0 saturated carbocycles. The highest BCUT2D eigenvalue weighted by atomic mass is 79.9. The lowest BCUT2D eigenvalue weighted by atomic mass is 10.1. The summed E-state index contributed by atoms with van der Waals surface area (Å²) in [5, 5.41) is 0. The van der Waals surface area contributed by atoms with Crippen molar-refractivity contribution in [2.45, 2.75) is 6.42 Å². The van der Waals surface area contributed by atoms with E-state index >= 15 is 0 Å². The van der Waals surface area contributed by atoms with Gasteiger partial charge in [-0.2, -0.15) is 0 Å². The van der Waals surface area contributed by atoms with Crippen molar-refractivity contribution >= 4 is 27.5 Å². The number of halogens is 1. The average Bonchev–Trinajstić information content (AvgIpc) is 2.41. The van der Waals surface area contributed by atoms with Crippen LogP contribution in [0.3, 0.4) is 0 Å². The largest absolute Gasteiger partial charge is 0.484 e. The molecule has 0 atom stereocenters. The predicted molar refractivity (Wildman–Crippen MR) is 78.4 cm³/mol. The molecule has 0 saturated heterocycles. The van der Waals surface area contributed by atoms with E-state index < -0.39 is 0 Å². The molecule has 0 amide bonds. The maximum Gasteiger partial charge on any atom is 0.192 e. The molecule has 2 aromatic rings. The Kier molecular flexibility index (Phi) is 4.53. The molecule has 0 aliphatic rings. The van der Waals surface area contributed by atoms with E-state index in [4.69, 9.17) is 4.74 Å². The Morgan fingerprint density at radius 3 is 2.39 bits per heavy atom. The second kappa shape index (κ2) is 6.36. The van der Waals surface area contributed by atoms with Crippen molar-refractivity contribution in [2.75, 3.05) is 7.11 Å². The van der Waals surface area contributed by atoms with Gasteiger partial charge in [-0.3, -0.25) is 0 Å². The molecule has 92 valence electrons. The lowest BCUT2D eigenvalue weighted by Crippen LogP contribution is -2.05. The fourth-order valence-corrected chi connectivity index (χ4v) is 1.98. The number of nitrogens with zero attached hydrogens (tertiary/aromatic N) is 1. The van der Waals surface area contributed by atoms with E-state index in [0.717, 1.165) is 10.2 Å². The summed E-state index contributed by atoms with van der Waals surface area (Å²) in [6.07, 6.45) is 0.693. The van der Waals surface area contributed by atoms with Gasteiger partial charge in [0.25, 0.3) is 0 Å². The Bertz CT molecular complexity index is 537. The highest BCUT2D eigenvalue weighted by molar-refractivity contribution is 9.10. The Labute approximate surface area is 115 Å². The normalized spacial score (nSPS) is 11.3. The minimum absolute atomic E-state index is 0.693. The number of benzene rings is 2. The van der Waals surface area contributed by atoms with Crippen molar-refractivity contribution in [3.8, 4) is 0 Å². The first-order valence-electron chi connectivity index (χ1n) is 5.69. The van der Waals surface area contributed by atoms with E-state index in [0.29, 0.717) is 12.3 Å². The standard InChI is InChI=1S/C15H14BrNO/c1-18-15(11-12-7-3-2-4-8-12)17-14-10-6-5-9-13(14)16/h2-10H,11H2,1H3. The van der Waals surface area contributed by atoms with Crippen LogP contribution >= 0.6 is 15.9 Å². The third-order valence-corrected chi connectivity index (χ3v) is 3.20. The maximum absolute atomic E-state index is 5.34. The molecule has 0 radical (unpaired) electrons. The first kappa shape index (κ1) is 12.8. The van der Waals surface area contributed by atoms with Crippen molar-refractivity contribution in [2.24, 2.45) is 4.99 Å². The monoisotopic (exact) mass is 303 g/mol. The van der Waals surface area contributed by atoms with Crippen molar-refractivity contribution < 1.29 is 4.74 Å². The summed E-state index contributed by atoms with van der Waals surface area (Å²) >= 11 is 3.48. The summed E-state index contributed by atoms with van der Waals surface area (Å²) in [7, 11) is 1.65. The molecule has 2 rings (SSSR count). The summed E-state index contributed by atoms with van der Waals surface area (Å²) in [6.45, 7) is 0. The number of hydrogen-bond acceptors (Lipinski definition) is 2. The van der Waals surface area contributed by atoms with E-state index in [9.17, 15) is 0 Å². The van der Waals surface area contributed by atoms with Gasteiger partial charge in [-0.25, -0.2) is 4.99 Å². The van der Waals surface area contributed by atoms with E-state index in [1.807, 2.05) is 42.5 Å². The summed E-state index contributed by atoms with van der Waals surface area (Å²) in [4.78, 5) is 4.52. The number of para-hydroxylation sites is 1. The first-order chi connectivity index (χ1) is 8.79. The number of hydrogen-bond donors (Lipinski definition) is 0. The molecule has 3 heteroatoms. The minimum Gasteiger partial charge on any atom is -0.484 e. The van der Waals surface area contributed by atoms with Crippen LogP contribution in [0.1, 0.15) is 5.56 Å². The molecule has 0 spiro atoms. The van der Waals surface area contributed by atoms with Crippen LogP contribution in [0, 0.1) is 0 Å². The topological polar surface area (TPSA) is 21.6 Å². The fraction of sp³-hybridized carbons (Fsp3) is 0.133. The van der Waals surface area contributed by atoms with E-state index in [2.05, 4.69) is 33.1 Å². The lowest BCUT2D eigenvalue weighted by Gasteiger charge is -2.06. The van der Waals surface area contributed by atoms with Crippen LogP contribution < -0.4 is 0 Å². The zero-order valence-electron chi connectivity index (χ0n) is 10.1. The summed E-state index contributed by atoms with van der Waals surface area (Å²) in [5.41, 5.74) is 2.07. The van der Waals surface area contributed by atoms with Gasteiger partial charge >= 0.3 is 0 Å². The summed E-state index contributed by atoms with van der Waals surface area (Å²) in [6, 6.07) is 18.0. The number of ether oxygens (including phenoxy) is 1. The molecule has 2 nitrogen and oxygen atoms in total. The van der Waals surface area contributed by atoms with Gasteiger partial charge in [0.05, 0.1) is 12.8 Å². The minimum atomic E-state index is 0.693. The number of methoxy groups -OCH3 is 1. The predicted octanol–water partition coefficient (Wildman–Crippen LogP) is 4.37. The molecule has 0 N–H and O–H groups in total. The van der Waals surface area contributed by atoms with Gasteiger partial charge in [0, 0.05) is 10.9 Å². The van der Waals surface area contributed by atoms with E-state index in [-0.39, 0.29) is 0 Å². The molecule has 18 heavy (non-hydrogen) atoms. The molecular weight excluding hydrogens is 290 g/mol. The Morgan fingerprint density at radius 1 is 1.06 bits per heavy atom. The smallest absolute Gasteiger partial charge is 0.192 e. The lowest BCUT2D eigenvalue weighted by molar-refractivity contribution is 0.394. The molecular formula is C15H14BrNO. The Morgan fingerprint density at radius 2 is 1.72 bits per heavy atom. The van der Waals surface area contributed by atoms with Crippen molar-refractivity contribution in [1.29, 1.82) is 0 Å². The van der Waals surface area contributed by atoms with Crippen LogP contribution in [0.2, 0.25) is 0 Å². The van der Waals surface area contributed by atoms with Gasteiger partial charge in [-0.15, -0.1) is 0 Å². The van der Waals surface area contributed by atoms with Gasteiger partial charge < -0.3 is 4.74 Å². The molecule has 0 fully saturated rings. The summed E-state index contributed by atoms with van der Waals surface area (Å²) in [5.74, 6) is 0.702. The van der Waals surface area contributed by atoms with E-state index in [1.165, 1.54) is 5.56 Å². The molecule has 0 aliphatic heterocycles. The number of aliphatic imine (C=N–C) groups is 1. The molecule has 0 aliphatic carbocycles. The molecule has 0 unspecified atom stereocenters. The number of rotatable bonds is 3. The first-order valence-corrected chi connectivity index (χ1v) is 6.49. The van der Waals surface area contributed by atoms with Gasteiger partial charge in [-0.05, 0) is 33.6 Å². The van der Waals surface area contributed by atoms with Crippen molar-refractivity contribution in [3.05, 3.63) is 64.6 Å². The molecule has 0 bridgehead atoms. The van der Waals surface area contributed by atoms with Crippen LogP contribution in [0.15, 0.2) is 64.1 Å². The van der Waals surface area contributed by atoms with Gasteiger partial charge in [-0.1, -0.05) is 42.5 Å². The van der Waals surface area contributed by atoms with Crippen molar-refractivity contribution in [1.82, 2.24) is 0 Å². The van der Waals surface area contributed by atoms with Crippen LogP contribution in [0.25, 0.3) is 0 Å². The second-order valence-electron chi connectivity index (χ2n) is 3.82.